The summed E-state index contributed by atoms with van der Waals surface area (Å²) in [7, 11) is 0. The number of benzene rings is 1. The molecule has 0 amide bonds. The minimum Gasteiger partial charge on any atom is -0.357 e. The molecule has 1 heterocycles. The van der Waals surface area contributed by atoms with Gasteiger partial charge in [0.25, 0.3) is 0 Å². The van der Waals surface area contributed by atoms with Crippen molar-refractivity contribution < 1.29 is 0 Å². The Labute approximate surface area is 148 Å². The summed E-state index contributed by atoms with van der Waals surface area (Å²) in [5.41, 5.74) is 1.20. The van der Waals surface area contributed by atoms with Gasteiger partial charge in [0.1, 0.15) is 0 Å². The van der Waals surface area contributed by atoms with Gasteiger partial charge in [-0.15, -0.1) is 11.8 Å². The Kier molecular flexibility index (Phi) is 8.24. The van der Waals surface area contributed by atoms with Crippen LogP contribution in [0.3, 0.4) is 0 Å². The molecule has 6 heteroatoms. The summed E-state index contributed by atoms with van der Waals surface area (Å²) >= 11 is 1.85. The number of aryl methyl sites for hydroxylation is 2. The molecule has 2 rings (SSSR count). The zero-order valence-electron chi connectivity index (χ0n) is 14.5. The van der Waals surface area contributed by atoms with Crippen LogP contribution in [0.15, 0.2) is 52.6 Å². The molecule has 0 aliphatic rings. The lowest BCUT2D eigenvalue weighted by Crippen LogP contribution is -2.38. The third-order valence-corrected chi connectivity index (χ3v) is 4.34. The van der Waals surface area contributed by atoms with Crippen molar-refractivity contribution in [3.05, 3.63) is 48.3 Å². The van der Waals surface area contributed by atoms with Gasteiger partial charge in [-0.3, -0.25) is 9.67 Å². The van der Waals surface area contributed by atoms with Gasteiger partial charge in [-0.1, -0.05) is 18.2 Å². The second kappa shape index (κ2) is 10.8. The van der Waals surface area contributed by atoms with Gasteiger partial charge in [0, 0.05) is 43.0 Å². The molecule has 24 heavy (non-hydrogen) atoms. The highest BCUT2D eigenvalue weighted by molar-refractivity contribution is 7.99. The third kappa shape index (κ3) is 7.08. The second-order valence-electron chi connectivity index (χ2n) is 5.48. The third-order valence-electron chi connectivity index (χ3n) is 3.33. The van der Waals surface area contributed by atoms with Crippen molar-refractivity contribution in [1.29, 1.82) is 0 Å². The maximum absolute atomic E-state index is 4.62. The van der Waals surface area contributed by atoms with E-state index in [1.807, 2.05) is 28.7 Å². The SMILES string of the molecule is CCNC(=NCCCn1cc(C)cn1)NCCSc1ccccc1. The molecule has 1 aromatic carbocycles. The summed E-state index contributed by atoms with van der Waals surface area (Å²) in [5, 5.41) is 11.0. The van der Waals surface area contributed by atoms with Crippen molar-refractivity contribution in [1.82, 2.24) is 20.4 Å². The van der Waals surface area contributed by atoms with Crippen molar-refractivity contribution in [3.63, 3.8) is 0 Å². The first-order valence-electron chi connectivity index (χ1n) is 8.47. The van der Waals surface area contributed by atoms with Crippen molar-refractivity contribution in [2.75, 3.05) is 25.4 Å². The standard InChI is InChI=1S/C18H27N5S/c1-3-19-18(20-10-7-12-23-15-16(2)14-22-23)21-11-13-24-17-8-5-4-6-9-17/h4-6,8-9,14-15H,3,7,10-13H2,1-2H3,(H2,19,20,21). The van der Waals surface area contributed by atoms with Gasteiger partial charge in [0.15, 0.2) is 5.96 Å². The van der Waals surface area contributed by atoms with Crippen molar-refractivity contribution >= 4 is 17.7 Å². The van der Waals surface area contributed by atoms with Crippen LogP contribution >= 0.6 is 11.8 Å². The topological polar surface area (TPSA) is 54.2 Å². The number of guanidine groups is 1. The molecule has 0 saturated carbocycles. The first-order chi connectivity index (χ1) is 11.8. The molecule has 1 aromatic heterocycles. The zero-order chi connectivity index (χ0) is 17.0. The molecule has 0 spiro atoms. The van der Waals surface area contributed by atoms with E-state index in [2.05, 4.69) is 65.0 Å². The summed E-state index contributed by atoms with van der Waals surface area (Å²) < 4.78 is 1.97. The number of rotatable bonds is 9. The van der Waals surface area contributed by atoms with Crippen LogP contribution in [0.25, 0.3) is 0 Å². The van der Waals surface area contributed by atoms with E-state index < -0.39 is 0 Å². The number of nitrogens with zero attached hydrogens (tertiary/aromatic N) is 3. The van der Waals surface area contributed by atoms with Crippen LogP contribution in [0.2, 0.25) is 0 Å². The van der Waals surface area contributed by atoms with E-state index in [-0.39, 0.29) is 0 Å². The fourth-order valence-corrected chi connectivity index (χ4v) is 3.00. The Bertz CT molecular complexity index is 609. The second-order valence-corrected chi connectivity index (χ2v) is 6.65. The largest absolute Gasteiger partial charge is 0.357 e. The van der Waals surface area contributed by atoms with Crippen molar-refractivity contribution in [2.24, 2.45) is 4.99 Å². The maximum atomic E-state index is 4.62. The van der Waals surface area contributed by atoms with Crippen LogP contribution in [0.4, 0.5) is 0 Å². The number of aromatic nitrogens is 2. The van der Waals surface area contributed by atoms with Gasteiger partial charge in [0.2, 0.25) is 0 Å². The summed E-state index contributed by atoms with van der Waals surface area (Å²) in [6, 6.07) is 10.5. The Hall–Kier alpha value is -1.95. The minimum atomic E-state index is 0.792. The summed E-state index contributed by atoms with van der Waals surface area (Å²) in [6.07, 6.45) is 4.93. The van der Waals surface area contributed by atoms with Crippen LogP contribution in [-0.2, 0) is 6.54 Å². The molecule has 0 aliphatic carbocycles. The smallest absolute Gasteiger partial charge is 0.191 e. The highest BCUT2D eigenvalue weighted by atomic mass is 32.2. The molecule has 0 aliphatic heterocycles. The number of hydrogen-bond acceptors (Lipinski definition) is 3. The molecule has 0 unspecified atom stereocenters. The molecule has 0 radical (unpaired) electrons. The summed E-state index contributed by atoms with van der Waals surface area (Å²) in [4.78, 5) is 5.93. The van der Waals surface area contributed by atoms with Gasteiger partial charge in [-0.25, -0.2) is 0 Å². The van der Waals surface area contributed by atoms with Gasteiger partial charge >= 0.3 is 0 Å². The zero-order valence-corrected chi connectivity index (χ0v) is 15.4. The Morgan fingerprint density at radius 2 is 2.08 bits per heavy atom. The molecule has 0 bridgehead atoms. The molecular weight excluding hydrogens is 318 g/mol. The monoisotopic (exact) mass is 345 g/mol. The number of aliphatic imine (C=N–C) groups is 1. The number of hydrogen-bond donors (Lipinski definition) is 2. The molecule has 130 valence electrons. The lowest BCUT2D eigenvalue weighted by molar-refractivity contribution is 0.583. The predicted molar refractivity (Wildman–Crippen MR) is 103 cm³/mol. The van der Waals surface area contributed by atoms with E-state index in [9.17, 15) is 0 Å². The summed E-state index contributed by atoms with van der Waals surface area (Å²) in [6.45, 7) is 7.60. The average Bonchev–Trinajstić information content (AvgIpc) is 3.01. The highest BCUT2D eigenvalue weighted by Crippen LogP contribution is 2.15. The van der Waals surface area contributed by atoms with Crippen molar-refractivity contribution in [3.8, 4) is 0 Å². The molecule has 0 fully saturated rings. The average molecular weight is 346 g/mol. The Balaban J connectivity index is 1.66. The van der Waals surface area contributed by atoms with Crippen LogP contribution in [0.5, 0.6) is 0 Å². The van der Waals surface area contributed by atoms with E-state index in [1.54, 1.807) is 0 Å². The quantitative estimate of drug-likeness (QED) is 0.318. The first-order valence-corrected chi connectivity index (χ1v) is 9.45. The number of nitrogens with one attached hydrogen (secondary N) is 2. The minimum absolute atomic E-state index is 0.792. The maximum Gasteiger partial charge on any atom is 0.191 e. The molecule has 5 nitrogen and oxygen atoms in total. The Morgan fingerprint density at radius 1 is 1.25 bits per heavy atom. The van der Waals surface area contributed by atoms with E-state index in [0.29, 0.717) is 0 Å². The van der Waals surface area contributed by atoms with Gasteiger partial charge in [-0.05, 0) is 38.0 Å². The molecular formula is C18H27N5S. The molecule has 0 saturated heterocycles. The normalized spacial score (nSPS) is 11.5. The lowest BCUT2D eigenvalue weighted by atomic mass is 10.4. The lowest BCUT2D eigenvalue weighted by Gasteiger charge is -2.11. The fourth-order valence-electron chi connectivity index (χ4n) is 2.21. The molecule has 2 N–H and O–H groups in total. The van der Waals surface area contributed by atoms with Gasteiger partial charge < -0.3 is 10.6 Å². The molecule has 2 aromatic rings. The molecule has 0 atom stereocenters. The summed E-state index contributed by atoms with van der Waals surface area (Å²) in [5.74, 6) is 1.91. The first kappa shape index (κ1) is 18.4. The van der Waals surface area contributed by atoms with E-state index in [0.717, 1.165) is 44.3 Å². The van der Waals surface area contributed by atoms with E-state index in [4.69, 9.17) is 0 Å². The van der Waals surface area contributed by atoms with Gasteiger partial charge in [-0.2, -0.15) is 5.10 Å². The van der Waals surface area contributed by atoms with Crippen molar-refractivity contribution in [2.45, 2.75) is 31.7 Å². The van der Waals surface area contributed by atoms with Crippen LogP contribution in [0, 0.1) is 6.92 Å². The number of thioether (sulfide) groups is 1. The Morgan fingerprint density at radius 3 is 2.79 bits per heavy atom. The van der Waals surface area contributed by atoms with Gasteiger partial charge in [0.05, 0.1) is 6.20 Å². The predicted octanol–water partition coefficient (Wildman–Crippen LogP) is 2.93. The van der Waals surface area contributed by atoms with Crippen LogP contribution in [-0.4, -0.2) is 41.1 Å². The van der Waals surface area contributed by atoms with Crippen LogP contribution < -0.4 is 10.6 Å². The fraction of sp³-hybridized carbons (Fsp3) is 0.444. The van der Waals surface area contributed by atoms with E-state index in [1.165, 1.54) is 10.5 Å². The van der Waals surface area contributed by atoms with E-state index >= 15 is 0 Å². The highest BCUT2D eigenvalue weighted by Gasteiger charge is 1.98. The van der Waals surface area contributed by atoms with Crippen LogP contribution in [0.1, 0.15) is 18.9 Å².